The molecule has 5 rings (SSSR count). The average molecular weight is 461 g/mol. The van der Waals surface area contributed by atoms with Gasteiger partial charge in [-0.05, 0) is 43.3 Å². The van der Waals surface area contributed by atoms with Crippen molar-refractivity contribution in [1.29, 1.82) is 0 Å². The molecule has 8 heteroatoms. The number of para-hydroxylation sites is 1. The molecule has 3 heterocycles. The third-order valence-electron chi connectivity index (χ3n) is 6.24. The quantitative estimate of drug-likeness (QED) is 0.539. The molecule has 3 aromatic rings. The van der Waals surface area contributed by atoms with E-state index in [1.54, 1.807) is 14.7 Å². The lowest BCUT2D eigenvalue weighted by molar-refractivity contribution is -0.130. The monoisotopic (exact) mass is 460 g/mol. The maximum absolute atomic E-state index is 12.9. The predicted octanol–water partition coefficient (Wildman–Crippen LogP) is 3.56. The van der Waals surface area contributed by atoms with Crippen molar-refractivity contribution in [2.24, 2.45) is 0 Å². The number of urea groups is 1. The first-order valence-corrected chi connectivity index (χ1v) is 11.7. The SMILES string of the molecule is CCOc1ccc(N2CCN(CC(=O)N3CCC(Oc4ccc5ccccc5n4)C3)C2=O)cc1. The van der Waals surface area contributed by atoms with E-state index in [2.05, 4.69) is 4.98 Å². The Kier molecular flexibility index (Phi) is 6.20. The highest BCUT2D eigenvalue weighted by molar-refractivity contribution is 5.96. The summed E-state index contributed by atoms with van der Waals surface area (Å²) in [5.74, 6) is 1.29. The molecule has 176 valence electrons. The summed E-state index contributed by atoms with van der Waals surface area (Å²) in [6, 6.07) is 19.1. The predicted molar refractivity (Wildman–Crippen MR) is 129 cm³/mol. The van der Waals surface area contributed by atoms with E-state index in [1.807, 2.05) is 67.6 Å². The van der Waals surface area contributed by atoms with Crippen molar-refractivity contribution >= 4 is 28.5 Å². The van der Waals surface area contributed by atoms with Gasteiger partial charge in [-0.3, -0.25) is 9.69 Å². The van der Waals surface area contributed by atoms with Gasteiger partial charge in [0, 0.05) is 43.2 Å². The van der Waals surface area contributed by atoms with Gasteiger partial charge in [-0.25, -0.2) is 9.78 Å². The van der Waals surface area contributed by atoms with Gasteiger partial charge >= 0.3 is 6.03 Å². The van der Waals surface area contributed by atoms with Crippen LogP contribution in [0.2, 0.25) is 0 Å². The molecule has 1 atom stereocenters. The summed E-state index contributed by atoms with van der Waals surface area (Å²) in [7, 11) is 0. The Bertz CT molecular complexity index is 1180. The number of carbonyl (C=O) groups is 2. The zero-order chi connectivity index (χ0) is 23.5. The van der Waals surface area contributed by atoms with Crippen LogP contribution in [-0.4, -0.2) is 72.2 Å². The highest BCUT2D eigenvalue weighted by atomic mass is 16.5. The molecule has 0 radical (unpaired) electrons. The Morgan fingerprint density at radius 1 is 1.03 bits per heavy atom. The van der Waals surface area contributed by atoms with Crippen molar-refractivity contribution in [2.75, 3.05) is 44.2 Å². The largest absolute Gasteiger partial charge is 0.494 e. The number of amides is 3. The minimum atomic E-state index is -0.148. The van der Waals surface area contributed by atoms with E-state index in [-0.39, 0.29) is 24.6 Å². The van der Waals surface area contributed by atoms with Crippen molar-refractivity contribution in [3.8, 4) is 11.6 Å². The van der Waals surface area contributed by atoms with E-state index in [0.717, 1.165) is 28.8 Å². The topological polar surface area (TPSA) is 75.2 Å². The zero-order valence-electron chi connectivity index (χ0n) is 19.2. The van der Waals surface area contributed by atoms with Crippen molar-refractivity contribution < 1.29 is 19.1 Å². The van der Waals surface area contributed by atoms with Gasteiger partial charge in [-0.15, -0.1) is 0 Å². The lowest BCUT2D eigenvalue weighted by Gasteiger charge is -2.22. The highest BCUT2D eigenvalue weighted by Gasteiger charge is 2.34. The van der Waals surface area contributed by atoms with Crippen LogP contribution in [0.5, 0.6) is 11.6 Å². The van der Waals surface area contributed by atoms with E-state index in [1.165, 1.54) is 0 Å². The Hall–Kier alpha value is -3.81. The van der Waals surface area contributed by atoms with Crippen LogP contribution in [0.4, 0.5) is 10.5 Å². The number of nitrogens with zero attached hydrogens (tertiary/aromatic N) is 4. The van der Waals surface area contributed by atoms with Crippen LogP contribution < -0.4 is 14.4 Å². The highest BCUT2D eigenvalue weighted by Crippen LogP contribution is 2.24. The zero-order valence-corrected chi connectivity index (χ0v) is 19.2. The van der Waals surface area contributed by atoms with Crippen molar-refractivity contribution in [3.63, 3.8) is 0 Å². The fraction of sp³-hybridized carbons (Fsp3) is 0.346. The van der Waals surface area contributed by atoms with Gasteiger partial charge < -0.3 is 19.3 Å². The number of hydrogen-bond donors (Lipinski definition) is 0. The smallest absolute Gasteiger partial charge is 0.325 e. The molecule has 34 heavy (non-hydrogen) atoms. The molecule has 0 aliphatic carbocycles. The van der Waals surface area contributed by atoms with Gasteiger partial charge in [0.25, 0.3) is 0 Å². The Morgan fingerprint density at radius 3 is 2.68 bits per heavy atom. The van der Waals surface area contributed by atoms with E-state index < -0.39 is 0 Å². The molecule has 8 nitrogen and oxygen atoms in total. The van der Waals surface area contributed by atoms with Crippen LogP contribution in [0.1, 0.15) is 13.3 Å². The number of anilines is 1. The molecule has 0 spiro atoms. The lowest BCUT2D eigenvalue weighted by atomic mass is 10.2. The molecule has 2 fully saturated rings. The van der Waals surface area contributed by atoms with Crippen molar-refractivity contribution in [2.45, 2.75) is 19.4 Å². The summed E-state index contributed by atoms with van der Waals surface area (Å²) in [5, 5.41) is 1.06. The lowest BCUT2D eigenvalue weighted by Crippen LogP contribution is -2.42. The number of pyridine rings is 1. The number of hydrogen-bond acceptors (Lipinski definition) is 5. The van der Waals surface area contributed by atoms with Gasteiger partial charge in [0.05, 0.1) is 18.7 Å². The van der Waals surface area contributed by atoms with Crippen LogP contribution >= 0.6 is 0 Å². The van der Waals surface area contributed by atoms with Crippen LogP contribution in [0.25, 0.3) is 10.9 Å². The molecule has 2 aliphatic rings. The average Bonchev–Trinajstić information content (AvgIpc) is 3.47. The summed E-state index contributed by atoms with van der Waals surface area (Å²) >= 11 is 0. The molecular weight excluding hydrogens is 432 g/mol. The maximum atomic E-state index is 12.9. The number of ether oxygens (including phenoxy) is 2. The van der Waals surface area contributed by atoms with E-state index in [0.29, 0.717) is 38.7 Å². The minimum absolute atomic E-state index is 0.0561. The molecule has 0 N–H and O–H groups in total. The fourth-order valence-electron chi connectivity index (χ4n) is 4.46. The number of likely N-dealkylation sites (tertiary alicyclic amines) is 1. The Balaban J connectivity index is 1.14. The van der Waals surface area contributed by atoms with Gasteiger partial charge in [0.15, 0.2) is 0 Å². The van der Waals surface area contributed by atoms with Gasteiger partial charge in [-0.1, -0.05) is 18.2 Å². The molecule has 2 aromatic carbocycles. The minimum Gasteiger partial charge on any atom is -0.494 e. The molecule has 0 bridgehead atoms. The first-order chi connectivity index (χ1) is 16.6. The third-order valence-corrected chi connectivity index (χ3v) is 6.24. The first-order valence-electron chi connectivity index (χ1n) is 11.7. The molecular formula is C26H28N4O4. The summed E-state index contributed by atoms with van der Waals surface area (Å²) in [4.78, 5) is 35.4. The number of benzene rings is 2. The number of carbonyl (C=O) groups excluding carboxylic acids is 2. The first kappa shape index (κ1) is 22.0. The molecule has 2 saturated heterocycles. The molecule has 0 saturated carbocycles. The Morgan fingerprint density at radius 2 is 1.85 bits per heavy atom. The molecule has 1 aromatic heterocycles. The maximum Gasteiger partial charge on any atom is 0.325 e. The van der Waals surface area contributed by atoms with Crippen LogP contribution in [0.15, 0.2) is 60.7 Å². The second-order valence-corrected chi connectivity index (χ2v) is 8.49. The summed E-state index contributed by atoms with van der Waals surface area (Å²) < 4.78 is 11.5. The summed E-state index contributed by atoms with van der Waals surface area (Å²) in [6.45, 7) is 4.79. The second-order valence-electron chi connectivity index (χ2n) is 8.49. The third kappa shape index (κ3) is 4.62. The van der Waals surface area contributed by atoms with Crippen LogP contribution in [-0.2, 0) is 4.79 Å². The normalized spacial score (nSPS) is 18.1. The molecule has 1 unspecified atom stereocenters. The number of rotatable bonds is 7. The van der Waals surface area contributed by atoms with E-state index in [9.17, 15) is 9.59 Å². The van der Waals surface area contributed by atoms with E-state index in [4.69, 9.17) is 9.47 Å². The van der Waals surface area contributed by atoms with Crippen LogP contribution in [0.3, 0.4) is 0 Å². The van der Waals surface area contributed by atoms with Crippen molar-refractivity contribution in [1.82, 2.24) is 14.8 Å². The van der Waals surface area contributed by atoms with Crippen LogP contribution in [0, 0.1) is 0 Å². The number of aromatic nitrogens is 1. The fourth-order valence-corrected chi connectivity index (χ4v) is 4.46. The summed E-state index contributed by atoms with van der Waals surface area (Å²) in [5.41, 5.74) is 1.69. The number of fused-ring (bicyclic) bond motifs is 1. The van der Waals surface area contributed by atoms with Crippen molar-refractivity contribution in [3.05, 3.63) is 60.7 Å². The standard InChI is InChI=1S/C26H28N4O4/c1-2-33-21-10-8-20(9-11-21)30-16-15-29(26(30)32)18-25(31)28-14-13-22(17-28)34-24-12-7-19-5-3-4-6-23(19)27-24/h3-12,22H,2,13-18H2,1H3. The second kappa shape index (κ2) is 9.59. The molecule has 3 amide bonds. The van der Waals surface area contributed by atoms with Gasteiger partial charge in [-0.2, -0.15) is 0 Å². The van der Waals surface area contributed by atoms with Gasteiger partial charge in [0.2, 0.25) is 11.8 Å². The van der Waals surface area contributed by atoms with Gasteiger partial charge in [0.1, 0.15) is 18.4 Å². The van der Waals surface area contributed by atoms with E-state index >= 15 is 0 Å². The summed E-state index contributed by atoms with van der Waals surface area (Å²) in [6.07, 6.45) is 0.638. The molecule has 2 aliphatic heterocycles. The Labute approximate surface area is 198 Å².